The molecule has 7 nitrogen and oxygen atoms in total. The fraction of sp³-hybridized carbons (Fsp3) is 0.450. The molecule has 8 heteroatoms. The molecule has 4 rings (SSSR count). The fourth-order valence-electron chi connectivity index (χ4n) is 3.84. The second-order valence-electron chi connectivity index (χ2n) is 7.26. The summed E-state index contributed by atoms with van der Waals surface area (Å²) in [5, 5.41) is 9.15. The molecule has 2 aliphatic rings. The summed E-state index contributed by atoms with van der Waals surface area (Å²) in [4.78, 5) is 26.8. The first-order valence-electron chi connectivity index (χ1n) is 9.66. The van der Waals surface area contributed by atoms with Gasteiger partial charge in [0.1, 0.15) is 11.6 Å². The van der Waals surface area contributed by atoms with Gasteiger partial charge < -0.3 is 19.8 Å². The van der Waals surface area contributed by atoms with E-state index in [2.05, 4.69) is 19.7 Å². The van der Waals surface area contributed by atoms with Gasteiger partial charge in [-0.25, -0.2) is 9.37 Å². The van der Waals surface area contributed by atoms with E-state index in [1.54, 1.807) is 6.20 Å². The van der Waals surface area contributed by atoms with Gasteiger partial charge in [0.05, 0.1) is 5.92 Å². The Bertz CT molecular complexity index is 816. The van der Waals surface area contributed by atoms with Crippen molar-refractivity contribution in [3.05, 3.63) is 42.3 Å². The highest BCUT2D eigenvalue weighted by Gasteiger charge is 2.26. The summed E-state index contributed by atoms with van der Waals surface area (Å²) in [7, 11) is 0. The smallest absolute Gasteiger partial charge is 0.306 e. The summed E-state index contributed by atoms with van der Waals surface area (Å²) in [5.41, 5.74) is 1.03. The summed E-state index contributed by atoms with van der Waals surface area (Å²) in [5.74, 6) is 0.380. The van der Waals surface area contributed by atoms with Crippen LogP contribution in [0.4, 0.5) is 21.8 Å². The van der Waals surface area contributed by atoms with E-state index >= 15 is 0 Å². The Hall–Kier alpha value is -2.90. The van der Waals surface area contributed by atoms with Crippen LogP contribution in [-0.2, 0) is 4.79 Å². The minimum Gasteiger partial charge on any atom is -0.481 e. The first-order valence-corrected chi connectivity index (χ1v) is 9.66. The van der Waals surface area contributed by atoms with Gasteiger partial charge >= 0.3 is 5.97 Å². The number of anilines is 3. The molecule has 0 amide bonds. The number of nitrogens with zero attached hydrogens (tertiary/aromatic N) is 5. The lowest BCUT2D eigenvalue weighted by molar-refractivity contribution is -0.142. The van der Waals surface area contributed by atoms with Crippen molar-refractivity contribution in [2.24, 2.45) is 5.92 Å². The minimum atomic E-state index is -0.706. The molecule has 1 aromatic heterocycles. The van der Waals surface area contributed by atoms with Crippen LogP contribution in [0.25, 0.3) is 0 Å². The van der Waals surface area contributed by atoms with Crippen LogP contribution in [0, 0.1) is 11.7 Å². The second kappa shape index (κ2) is 8.00. The Balaban J connectivity index is 1.37. The molecule has 0 unspecified atom stereocenters. The zero-order valence-corrected chi connectivity index (χ0v) is 15.7. The van der Waals surface area contributed by atoms with Crippen LogP contribution in [0.15, 0.2) is 36.5 Å². The molecule has 2 aromatic rings. The van der Waals surface area contributed by atoms with Crippen LogP contribution in [0.5, 0.6) is 0 Å². The summed E-state index contributed by atoms with van der Waals surface area (Å²) in [6.07, 6.45) is 3.06. The van der Waals surface area contributed by atoms with Crippen LogP contribution < -0.4 is 14.7 Å². The van der Waals surface area contributed by atoms with E-state index < -0.39 is 5.97 Å². The predicted octanol–water partition coefficient (Wildman–Crippen LogP) is 2.24. The van der Waals surface area contributed by atoms with Crippen molar-refractivity contribution in [2.75, 3.05) is 54.0 Å². The third-order valence-corrected chi connectivity index (χ3v) is 5.55. The van der Waals surface area contributed by atoms with Crippen molar-refractivity contribution in [3.63, 3.8) is 0 Å². The molecule has 28 heavy (non-hydrogen) atoms. The molecule has 3 heterocycles. The molecule has 0 atom stereocenters. The van der Waals surface area contributed by atoms with Gasteiger partial charge in [-0.05, 0) is 43.2 Å². The maximum absolute atomic E-state index is 13.1. The highest BCUT2D eigenvalue weighted by molar-refractivity contribution is 5.70. The van der Waals surface area contributed by atoms with E-state index in [1.807, 2.05) is 18.2 Å². The zero-order valence-electron chi connectivity index (χ0n) is 15.7. The summed E-state index contributed by atoms with van der Waals surface area (Å²) in [6, 6.07) is 8.48. The minimum absolute atomic E-state index is 0.222. The molecule has 148 valence electrons. The van der Waals surface area contributed by atoms with Gasteiger partial charge in [-0.15, -0.1) is 0 Å². The summed E-state index contributed by atoms with van der Waals surface area (Å²) < 4.78 is 13.1. The Morgan fingerprint density at radius 2 is 1.57 bits per heavy atom. The zero-order chi connectivity index (χ0) is 19.5. The van der Waals surface area contributed by atoms with Crippen molar-refractivity contribution in [1.82, 2.24) is 9.97 Å². The molecule has 1 N–H and O–H groups in total. The van der Waals surface area contributed by atoms with Gasteiger partial charge in [0.2, 0.25) is 5.95 Å². The third-order valence-electron chi connectivity index (χ3n) is 5.55. The predicted molar refractivity (Wildman–Crippen MR) is 105 cm³/mol. The van der Waals surface area contributed by atoms with Crippen molar-refractivity contribution in [3.8, 4) is 0 Å². The first-order chi connectivity index (χ1) is 13.6. The standard InChI is InChI=1S/C20H24FN5O2/c21-16-1-3-17(4-2-16)24-11-13-26(14-12-24)20-22-8-5-18(23-20)25-9-6-15(7-10-25)19(27)28/h1-5,8,15H,6-7,9-14H2,(H,27,28). The number of rotatable bonds is 4. The number of hydrogen-bond acceptors (Lipinski definition) is 6. The molecule has 2 aliphatic heterocycles. The average molecular weight is 385 g/mol. The van der Waals surface area contributed by atoms with Gasteiger partial charge in [0.25, 0.3) is 0 Å². The molecule has 2 fully saturated rings. The number of carboxylic acid groups (broad SMARTS) is 1. The molecule has 2 saturated heterocycles. The molecule has 0 saturated carbocycles. The molecule has 1 aromatic carbocycles. The Labute approximate surface area is 163 Å². The van der Waals surface area contributed by atoms with Gasteiger partial charge in [0, 0.05) is 51.2 Å². The van der Waals surface area contributed by atoms with Crippen LogP contribution in [-0.4, -0.2) is 60.3 Å². The SMILES string of the molecule is O=C(O)C1CCN(c2ccnc(N3CCN(c4ccc(F)cc4)CC3)n2)CC1. The maximum atomic E-state index is 13.1. The average Bonchev–Trinajstić information content (AvgIpc) is 2.75. The van der Waals surface area contributed by atoms with Crippen molar-refractivity contribution in [1.29, 1.82) is 0 Å². The van der Waals surface area contributed by atoms with E-state index in [-0.39, 0.29) is 11.7 Å². The number of carboxylic acids is 1. The van der Waals surface area contributed by atoms with Gasteiger partial charge in [-0.3, -0.25) is 4.79 Å². The first kappa shape index (κ1) is 18.5. The number of piperazine rings is 1. The Morgan fingerprint density at radius 1 is 0.929 bits per heavy atom. The Kier molecular flexibility index (Phi) is 5.27. The van der Waals surface area contributed by atoms with Crippen molar-refractivity contribution < 1.29 is 14.3 Å². The van der Waals surface area contributed by atoms with E-state index in [0.717, 1.165) is 37.7 Å². The van der Waals surface area contributed by atoms with Gasteiger partial charge in [0.15, 0.2) is 0 Å². The molecule has 0 aliphatic carbocycles. The van der Waals surface area contributed by atoms with Crippen LogP contribution >= 0.6 is 0 Å². The van der Waals surface area contributed by atoms with E-state index in [0.29, 0.717) is 31.9 Å². The van der Waals surface area contributed by atoms with Gasteiger partial charge in [-0.2, -0.15) is 4.98 Å². The lowest BCUT2D eigenvalue weighted by Crippen LogP contribution is -2.47. The monoisotopic (exact) mass is 385 g/mol. The number of hydrogen-bond donors (Lipinski definition) is 1. The molecule has 0 radical (unpaired) electrons. The van der Waals surface area contributed by atoms with E-state index in [9.17, 15) is 9.18 Å². The van der Waals surface area contributed by atoms with E-state index in [4.69, 9.17) is 10.1 Å². The normalized spacial score (nSPS) is 18.4. The third kappa shape index (κ3) is 4.00. The van der Waals surface area contributed by atoms with Crippen LogP contribution in [0.2, 0.25) is 0 Å². The van der Waals surface area contributed by atoms with Crippen molar-refractivity contribution in [2.45, 2.75) is 12.8 Å². The number of carbonyl (C=O) groups is 1. The van der Waals surface area contributed by atoms with E-state index in [1.165, 1.54) is 12.1 Å². The number of piperidine rings is 1. The number of benzene rings is 1. The molecule has 0 spiro atoms. The van der Waals surface area contributed by atoms with Crippen LogP contribution in [0.3, 0.4) is 0 Å². The lowest BCUT2D eigenvalue weighted by Gasteiger charge is -2.36. The summed E-state index contributed by atoms with van der Waals surface area (Å²) in [6.45, 7) is 4.63. The maximum Gasteiger partial charge on any atom is 0.306 e. The fourth-order valence-corrected chi connectivity index (χ4v) is 3.84. The summed E-state index contributed by atoms with van der Waals surface area (Å²) >= 11 is 0. The Morgan fingerprint density at radius 3 is 2.21 bits per heavy atom. The second-order valence-corrected chi connectivity index (χ2v) is 7.26. The van der Waals surface area contributed by atoms with Crippen LogP contribution in [0.1, 0.15) is 12.8 Å². The molecular weight excluding hydrogens is 361 g/mol. The quantitative estimate of drug-likeness (QED) is 0.865. The number of aromatic nitrogens is 2. The van der Waals surface area contributed by atoms with Gasteiger partial charge in [-0.1, -0.05) is 0 Å². The number of halogens is 1. The lowest BCUT2D eigenvalue weighted by atomic mass is 9.97. The van der Waals surface area contributed by atoms with Crippen molar-refractivity contribution >= 4 is 23.4 Å². The number of aliphatic carboxylic acids is 1. The molecule has 0 bridgehead atoms. The largest absolute Gasteiger partial charge is 0.481 e. The topological polar surface area (TPSA) is 72.8 Å². The highest BCUT2D eigenvalue weighted by Crippen LogP contribution is 2.24. The highest BCUT2D eigenvalue weighted by atomic mass is 19.1. The molecular formula is C20H24FN5O2.